The zero-order valence-electron chi connectivity index (χ0n) is 15.3. The Hall–Kier alpha value is -3.40. The molecule has 0 saturated heterocycles. The third kappa shape index (κ3) is 3.47. The molecular weight excluding hydrogens is 336 g/mol. The van der Waals surface area contributed by atoms with Crippen LogP contribution in [0, 0.1) is 0 Å². The number of allylic oxidation sites excluding steroid dienone is 1. The van der Waals surface area contributed by atoms with Crippen molar-refractivity contribution in [2.24, 2.45) is 4.99 Å². The maximum absolute atomic E-state index is 5.29. The number of ether oxygens (including phenoxy) is 2. The minimum Gasteiger partial charge on any atom is -0.497 e. The van der Waals surface area contributed by atoms with E-state index in [1.54, 1.807) is 20.4 Å². The molecule has 4 rings (SSSR count). The number of nitrogens with zero attached hydrogens (tertiary/aromatic N) is 2. The minimum absolute atomic E-state index is 0.763. The highest BCUT2D eigenvalue weighted by atomic mass is 16.5. The molecule has 0 atom stereocenters. The van der Waals surface area contributed by atoms with Crippen LogP contribution >= 0.6 is 0 Å². The van der Waals surface area contributed by atoms with E-state index in [-0.39, 0.29) is 0 Å². The molecule has 0 spiro atoms. The van der Waals surface area contributed by atoms with Gasteiger partial charge in [0.2, 0.25) is 0 Å². The van der Waals surface area contributed by atoms with Gasteiger partial charge in [-0.3, -0.25) is 9.98 Å². The van der Waals surface area contributed by atoms with Crippen molar-refractivity contribution >= 4 is 17.0 Å². The predicted molar refractivity (Wildman–Crippen MR) is 108 cm³/mol. The van der Waals surface area contributed by atoms with Crippen LogP contribution in [0.15, 0.2) is 78.0 Å². The van der Waals surface area contributed by atoms with Crippen LogP contribution < -0.4 is 9.47 Å². The SMILES string of the molecule is COc1ccc(C2=C(c3ccc(OC)cc3)N=C(c3cccnc3)C2)cc1. The molecule has 1 aliphatic rings. The van der Waals surface area contributed by atoms with E-state index in [0.717, 1.165) is 46.0 Å². The Kier molecular flexibility index (Phi) is 4.71. The lowest BCUT2D eigenvalue weighted by atomic mass is 9.96. The number of pyridine rings is 1. The third-order valence-electron chi connectivity index (χ3n) is 4.67. The fourth-order valence-electron chi connectivity index (χ4n) is 3.21. The molecule has 0 unspecified atom stereocenters. The summed E-state index contributed by atoms with van der Waals surface area (Å²) in [7, 11) is 3.35. The van der Waals surface area contributed by atoms with E-state index in [2.05, 4.69) is 23.2 Å². The Balaban J connectivity index is 1.78. The lowest BCUT2D eigenvalue weighted by molar-refractivity contribution is 0.414. The minimum atomic E-state index is 0.763. The average Bonchev–Trinajstić information content (AvgIpc) is 3.20. The highest BCUT2D eigenvalue weighted by molar-refractivity contribution is 6.16. The van der Waals surface area contributed by atoms with Crippen LogP contribution in [-0.4, -0.2) is 24.9 Å². The number of hydrogen-bond donors (Lipinski definition) is 0. The highest BCUT2D eigenvalue weighted by Gasteiger charge is 2.22. The van der Waals surface area contributed by atoms with E-state index >= 15 is 0 Å². The summed E-state index contributed by atoms with van der Waals surface area (Å²) < 4.78 is 10.6. The van der Waals surface area contributed by atoms with E-state index in [1.807, 2.05) is 48.7 Å². The monoisotopic (exact) mass is 356 g/mol. The van der Waals surface area contributed by atoms with Gasteiger partial charge in [-0.25, -0.2) is 0 Å². The van der Waals surface area contributed by atoms with Gasteiger partial charge in [-0.15, -0.1) is 0 Å². The average molecular weight is 356 g/mol. The number of rotatable bonds is 5. The Bertz CT molecular complexity index is 989. The van der Waals surface area contributed by atoms with Crippen LogP contribution in [0.3, 0.4) is 0 Å². The van der Waals surface area contributed by atoms with Crippen molar-refractivity contribution in [2.75, 3.05) is 14.2 Å². The molecule has 0 radical (unpaired) electrons. The second-order valence-corrected chi connectivity index (χ2v) is 6.26. The van der Waals surface area contributed by atoms with E-state index in [1.165, 1.54) is 5.57 Å². The molecule has 0 bridgehead atoms. The van der Waals surface area contributed by atoms with Gasteiger partial charge in [-0.05, 0) is 53.6 Å². The second-order valence-electron chi connectivity index (χ2n) is 6.26. The molecule has 0 fully saturated rings. The molecule has 0 aliphatic carbocycles. The Morgan fingerprint density at radius 3 is 1.93 bits per heavy atom. The van der Waals surface area contributed by atoms with Crippen molar-refractivity contribution in [3.8, 4) is 11.5 Å². The summed E-state index contributed by atoms with van der Waals surface area (Å²) in [6, 6.07) is 20.1. The third-order valence-corrected chi connectivity index (χ3v) is 4.67. The molecule has 2 heterocycles. The molecule has 4 nitrogen and oxygen atoms in total. The fourth-order valence-corrected chi connectivity index (χ4v) is 3.21. The van der Waals surface area contributed by atoms with Gasteiger partial charge in [0, 0.05) is 29.9 Å². The molecule has 3 aromatic rings. The molecule has 1 aliphatic heterocycles. The van der Waals surface area contributed by atoms with Crippen LogP contribution in [0.1, 0.15) is 23.1 Å². The summed E-state index contributed by atoms with van der Waals surface area (Å²) in [5, 5.41) is 0. The largest absolute Gasteiger partial charge is 0.497 e. The normalized spacial score (nSPS) is 13.5. The lowest BCUT2D eigenvalue weighted by Crippen LogP contribution is -1.98. The van der Waals surface area contributed by atoms with Crippen LogP contribution in [0.2, 0.25) is 0 Å². The quantitative estimate of drug-likeness (QED) is 0.656. The maximum atomic E-state index is 5.29. The van der Waals surface area contributed by atoms with Gasteiger partial charge < -0.3 is 9.47 Å². The van der Waals surface area contributed by atoms with E-state index in [4.69, 9.17) is 14.5 Å². The summed E-state index contributed by atoms with van der Waals surface area (Å²) in [4.78, 5) is 9.21. The highest BCUT2D eigenvalue weighted by Crippen LogP contribution is 2.37. The van der Waals surface area contributed by atoms with Crippen LogP contribution in [-0.2, 0) is 0 Å². The van der Waals surface area contributed by atoms with Crippen molar-refractivity contribution in [3.63, 3.8) is 0 Å². The smallest absolute Gasteiger partial charge is 0.118 e. The lowest BCUT2D eigenvalue weighted by Gasteiger charge is -2.08. The second kappa shape index (κ2) is 7.46. The van der Waals surface area contributed by atoms with Gasteiger partial charge in [0.25, 0.3) is 0 Å². The summed E-state index contributed by atoms with van der Waals surface area (Å²) >= 11 is 0. The molecule has 0 saturated carbocycles. The summed E-state index contributed by atoms with van der Waals surface area (Å²) in [6.07, 6.45) is 4.40. The summed E-state index contributed by atoms with van der Waals surface area (Å²) in [5.74, 6) is 1.68. The number of aromatic nitrogens is 1. The predicted octanol–water partition coefficient (Wildman–Crippen LogP) is 4.86. The van der Waals surface area contributed by atoms with Gasteiger partial charge in [-0.2, -0.15) is 0 Å². The number of aliphatic imine (C=N–C) groups is 1. The van der Waals surface area contributed by atoms with E-state index in [0.29, 0.717) is 0 Å². The number of benzene rings is 2. The first-order chi connectivity index (χ1) is 13.3. The molecule has 1 aromatic heterocycles. The van der Waals surface area contributed by atoms with E-state index in [9.17, 15) is 0 Å². The molecule has 2 aromatic carbocycles. The molecule has 0 amide bonds. The van der Waals surface area contributed by atoms with Gasteiger partial charge >= 0.3 is 0 Å². The molecule has 0 N–H and O–H groups in total. The number of methoxy groups -OCH3 is 2. The van der Waals surface area contributed by atoms with Crippen LogP contribution in [0.5, 0.6) is 11.5 Å². The Morgan fingerprint density at radius 1 is 0.741 bits per heavy atom. The zero-order chi connectivity index (χ0) is 18.6. The maximum Gasteiger partial charge on any atom is 0.118 e. The Morgan fingerprint density at radius 2 is 1.37 bits per heavy atom. The van der Waals surface area contributed by atoms with Gasteiger partial charge in [0.1, 0.15) is 11.5 Å². The van der Waals surface area contributed by atoms with Gasteiger partial charge in [0.05, 0.1) is 25.6 Å². The van der Waals surface area contributed by atoms with Crippen molar-refractivity contribution in [3.05, 3.63) is 89.7 Å². The summed E-state index contributed by atoms with van der Waals surface area (Å²) in [6.45, 7) is 0. The van der Waals surface area contributed by atoms with Gasteiger partial charge in [0.15, 0.2) is 0 Å². The van der Waals surface area contributed by atoms with E-state index < -0.39 is 0 Å². The van der Waals surface area contributed by atoms with Crippen molar-refractivity contribution < 1.29 is 9.47 Å². The molecular formula is C23H20N2O2. The summed E-state index contributed by atoms with van der Waals surface area (Å²) in [5.41, 5.74) is 6.47. The van der Waals surface area contributed by atoms with Crippen molar-refractivity contribution in [1.82, 2.24) is 4.98 Å². The topological polar surface area (TPSA) is 43.7 Å². The van der Waals surface area contributed by atoms with Crippen molar-refractivity contribution in [2.45, 2.75) is 6.42 Å². The first-order valence-corrected chi connectivity index (χ1v) is 8.78. The first kappa shape index (κ1) is 17.0. The van der Waals surface area contributed by atoms with Crippen LogP contribution in [0.25, 0.3) is 11.3 Å². The van der Waals surface area contributed by atoms with Crippen molar-refractivity contribution in [1.29, 1.82) is 0 Å². The first-order valence-electron chi connectivity index (χ1n) is 8.78. The number of hydrogen-bond acceptors (Lipinski definition) is 4. The zero-order valence-corrected chi connectivity index (χ0v) is 15.3. The molecule has 134 valence electrons. The molecule has 27 heavy (non-hydrogen) atoms. The van der Waals surface area contributed by atoms with Gasteiger partial charge in [-0.1, -0.05) is 18.2 Å². The van der Waals surface area contributed by atoms with Crippen LogP contribution in [0.4, 0.5) is 0 Å². The Labute approximate surface area is 158 Å². The standard InChI is InChI=1S/C23H20N2O2/c1-26-19-9-5-16(6-10-19)21-14-22(18-4-3-13-24-15-18)25-23(21)17-7-11-20(27-2)12-8-17/h3-13,15H,14H2,1-2H3. The fraction of sp³-hybridized carbons (Fsp3) is 0.130. The molecule has 4 heteroatoms.